The average molecular weight is 304 g/mol. The van der Waals surface area contributed by atoms with Gasteiger partial charge in [-0.2, -0.15) is 0 Å². The second kappa shape index (κ2) is 6.97. The van der Waals surface area contributed by atoms with Gasteiger partial charge >= 0.3 is 0 Å². The molecule has 1 atom stereocenters. The zero-order chi connectivity index (χ0) is 15.4. The van der Waals surface area contributed by atoms with Crippen LogP contribution in [-0.2, 0) is 0 Å². The summed E-state index contributed by atoms with van der Waals surface area (Å²) in [4.78, 5) is 2.18. The minimum atomic E-state index is -0.462. The fourth-order valence-corrected chi connectivity index (χ4v) is 2.59. The zero-order valence-corrected chi connectivity index (χ0v) is 13.6. The quantitative estimate of drug-likeness (QED) is 0.878. The highest BCUT2D eigenvalue weighted by Gasteiger charge is 2.10. The SMILES string of the molecule is Cc1cc(C)cc(N(C)CCC(O)c2ccc(Cl)cc2)c1. The van der Waals surface area contributed by atoms with Crippen molar-refractivity contribution in [2.75, 3.05) is 18.5 Å². The number of hydrogen-bond donors (Lipinski definition) is 1. The lowest BCUT2D eigenvalue weighted by molar-refractivity contribution is 0.170. The van der Waals surface area contributed by atoms with Gasteiger partial charge in [0.25, 0.3) is 0 Å². The molecule has 3 heteroatoms. The van der Waals surface area contributed by atoms with Gasteiger partial charge in [0.2, 0.25) is 0 Å². The van der Waals surface area contributed by atoms with Crippen LogP contribution in [0, 0.1) is 13.8 Å². The van der Waals surface area contributed by atoms with Crippen LogP contribution < -0.4 is 4.90 Å². The van der Waals surface area contributed by atoms with E-state index in [0.29, 0.717) is 11.4 Å². The molecule has 2 aromatic rings. The molecule has 0 saturated carbocycles. The molecule has 0 aliphatic carbocycles. The van der Waals surface area contributed by atoms with E-state index in [4.69, 9.17) is 11.6 Å². The van der Waals surface area contributed by atoms with Gasteiger partial charge in [0.15, 0.2) is 0 Å². The minimum absolute atomic E-state index is 0.462. The molecule has 0 bridgehead atoms. The van der Waals surface area contributed by atoms with Crippen molar-refractivity contribution in [1.29, 1.82) is 0 Å². The average Bonchev–Trinajstić information content (AvgIpc) is 2.44. The lowest BCUT2D eigenvalue weighted by atomic mass is 10.1. The number of benzene rings is 2. The predicted octanol–water partition coefficient (Wildman–Crippen LogP) is 4.52. The molecule has 2 nitrogen and oxygen atoms in total. The molecule has 0 amide bonds. The maximum Gasteiger partial charge on any atom is 0.0806 e. The first-order valence-electron chi connectivity index (χ1n) is 7.18. The van der Waals surface area contributed by atoms with E-state index in [0.717, 1.165) is 12.1 Å². The molecule has 1 unspecified atom stereocenters. The first-order chi connectivity index (χ1) is 9.95. The summed E-state index contributed by atoms with van der Waals surface area (Å²) in [6, 6.07) is 13.9. The Kier molecular flexibility index (Phi) is 5.27. The second-order valence-corrected chi connectivity index (χ2v) is 6.06. The van der Waals surface area contributed by atoms with Crippen LogP contribution in [0.2, 0.25) is 5.02 Å². The van der Waals surface area contributed by atoms with E-state index in [1.165, 1.54) is 16.8 Å². The monoisotopic (exact) mass is 303 g/mol. The molecule has 112 valence electrons. The van der Waals surface area contributed by atoms with E-state index in [-0.39, 0.29) is 0 Å². The maximum atomic E-state index is 10.2. The van der Waals surface area contributed by atoms with Crippen molar-refractivity contribution in [3.63, 3.8) is 0 Å². The molecular formula is C18H22ClNO. The number of aryl methyl sites for hydroxylation is 2. The Labute approximate surface area is 132 Å². The maximum absolute atomic E-state index is 10.2. The summed E-state index contributed by atoms with van der Waals surface area (Å²) in [6.07, 6.45) is 0.223. The van der Waals surface area contributed by atoms with Crippen molar-refractivity contribution in [2.24, 2.45) is 0 Å². The summed E-state index contributed by atoms with van der Waals surface area (Å²) in [7, 11) is 2.06. The summed E-state index contributed by atoms with van der Waals surface area (Å²) in [5.41, 5.74) is 4.62. The van der Waals surface area contributed by atoms with Crippen LogP contribution in [0.1, 0.15) is 29.2 Å². The molecule has 0 spiro atoms. The molecule has 2 rings (SSSR count). The van der Waals surface area contributed by atoms with Crippen LogP contribution >= 0.6 is 11.6 Å². The Balaban J connectivity index is 1.97. The third-order valence-corrected chi connectivity index (χ3v) is 3.89. The number of rotatable bonds is 5. The van der Waals surface area contributed by atoms with Gasteiger partial charge in [-0.15, -0.1) is 0 Å². The highest BCUT2D eigenvalue weighted by molar-refractivity contribution is 6.30. The topological polar surface area (TPSA) is 23.5 Å². The van der Waals surface area contributed by atoms with Crippen molar-refractivity contribution < 1.29 is 5.11 Å². The Morgan fingerprint density at radius 1 is 1.05 bits per heavy atom. The molecular weight excluding hydrogens is 282 g/mol. The number of hydrogen-bond acceptors (Lipinski definition) is 2. The van der Waals surface area contributed by atoms with E-state index >= 15 is 0 Å². The van der Waals surface area contributed by atoms with Gasteiger partial charge in [0, 0.05) is 24.3 Å². The molecule has 1 N–H and O–H groups in total. The van der Waals surface area contributed by atoms with E-state index in [1.54, 1.807) is 0 Å². The molecule has 0 saturated heterocycles. The number of aliphatic hydroxyl groups is 1. The summed E-state index contributed by atoms with van der Waals surface area (Å²) < 4.78 is 0. The van der Waals surface area contributed by atoms with Crippen molar-refractivity contribution >= 4 is 17.3 Å². The number of nitrogens with zero attached hydrogens (tertiary/aromatic N) is 1. The largest absolute Gasteiger partial charge is 0.388 e. The minimum Gasteiger partial charge on any atom is -0.388 e. The van der Waals surface area contributed by atoms with E-state index in [9.17, 15) is 5.11 Å². The van der Waals surface area contributed by atoms with Crippen molar-refractivity contribution in [3.8, 4) is 0 Å². The molecule has 0 aliphatic rings. The number of aliphatic hydroxyl groups excluding tert-OH is 1. The highest BCUT2D eigenvalue weighted by atomic mass is 35.5. The summed E-state index contributed by atoms with van der Waals surface area (Å²) in [6.45, 7) is 5.01. The second-order valence-electron chi connectivity index (χ2n) is 5.62. The summed E-state index contributed by atoms with van der Waals surface area (Å²) in [5, 5.41) is 10.9. The Hall–Kier alpha value is -1.51. The fourth-order valence-electron chi connectivity index (χ4n) is 2.47. The van der Waals surface area contributed by atoms with E-state index in [1.807, 2.05) is 24.3 Å². The molecule has 0 heterocycles. The van der Waals surface area contributed by atoms with Crippen LogP contribution in [0.25, 0.3) is 0 Å². The van der Waals surface area contributed by atoms with Crippen molar-refractivity contribution in [1.82, 2.24) is 0 Å². The smallest absolute Gasteiger partial charge is 0.0806 e. The standard InChI is InChI=1S/C18H22ClNO/c1-13-10-14(2)12-17(11-13)20(3)9-8-18(21)15-4-6-16(19)7-5-15/h4-7,10-12,18,21H,8-9H2,1-3H3. The van der Waals surface area contributed by atoms with Gasteiger partial charge in [-0.05, 0) is 61.2 Å². The number of halogens is 1. The van der Waals surface area contributed by atoms with Crippen molar-refractivity contribution in [2.45, 2.75) is 26.4 Å². The van der Waals surface area contributed by atoms with Gasteiger partial charge in [-0.1, -0.05) is 29.8 Å². The van der Waals surface area contributed by atoms with Crippen LogP contribution in [0.3, 0.4) is 0 Å². The summed E-state index contributed by atoms with van der Waals surface area (Å²) in [5.74, 6) is 0. The van der Waals surface area contributed by atoms with Gasteiger partial charge in [0.05, 0.1) is 6.10 Å². The Bertz CT molecular complexity index is 574. The lowest BCUT2D eigenvalue weighted by Gasteiger charge is -2.22. The Morgan fingerprint density at radius 2 is 1.62 bits per heavy atom. The molecule has 0 radical (unpaired) electrons. The van der Waals surface area contributed by atoms with Crippen LogP contribution in [0.15, 0.2) is 42.5 Å². The predicted molar refractivity (Wildman–Crippen MR) is 90.2 cm³/mol. The molecule has 0 aliphatic heterocycles. The third kappa shape index (κ3) is 4.48. The molecule has 0 fully saturated rings. The molecule has 0 aromatic heterocycles. The van der Waals surface area contributed by atoms with Gasteiger partial charge in [-0.25, -0.2) is 0 Å². The first-order valence-corrected chi connectivity index (χ1v) is 7.56. The van der Waals surface area contributed by atoms with Gasteiger partial charge in [-0.3, -0.25) is 0 Å². The summed E-state index contributed by atoms with van der Waals surface area (Å²) >= 11 is 5.86. The van der Waals surface area contributed by atoms with Crippen LogP contribution in [0.5, 0.6) is 0 Å². The molecule has 21 heavy (non-hydrogen) atoms. The van der Waals surface area contributed by atoms with Gasteiger partial charge in [0.1, 0.15) is 0 Å². The van der Waals surface area contributed by atoms with Gasteiger partial charge < -0.3 is 10.0 Å². The molecule has 2 aromatic carbocycles. The fraction of sp³-hybridized carbons (Fsp3) is 0.333. The highest BCUT2D eigenvalue weighted by Crippen LogP contribution is 2.22. The van der Waals surface area contributed by atoms with E-state index < -0.39 is 6.10 Å². The first kappa shape index (κ1) is 15.9. The third-order valence-electron chi connectivity index (χ3n) is 3.64. The normalized spacial score (nSPS) is 12.2. The zero-order valence-electron chi connectivity index (χ0n) is 12.8. The van der Waals surface area contributed by atoms with Crippen molar-refractivity contribution in [3.05, 3.63) is 64.2 Å². The van der Waals surface area contributed by atoms with Crippen LogP contribution in [0.4, 0.5) is 5.69 Å². The Morgan fingerprint density at radius 3 is 2.19 bits per heavy atom. The van der Waals surface area contributed by atoms with E-state index in [2.05, 4.69) is 44.0 Å². The lowest BCUT2D eigenvalue weighted by Crippen LogP contribution is -2.20. The number of anilines is 1. The van der Waals surface area contributed by atoms with Crippen LogP contribution in [-0.4, -0.2) is 18.7 Å².